The average molecular weight is 742 g/mol. The van der Waals surface area contributed by atoms with Crippen LogP contribution in [-0.2, 0) is 0 Å². The lowest BCUT2D eigenvalue weighted by atomic mass is 10.2. The second kappa shape index (κ2) is 20.9. The van der Waals surface area contributed by atoms with Gasteiger partial charge in [-0.15, -0.1) is 0 Å². The van der Waals surface area contributed by atoms with Crippen molar-refractivity contribution < 1.29 is 60.7 Å². The van der Waals surface area contributed by atoms with Crippen molar-refractivity contribution in [3.63, 3.8) is 0 Å². The van der Waals surface area contributed by atoms with Crippen LogP contribution in [0.5, 0.6) is 51.7 Å². The molecule has 18 nitrogen and oxygen atoms in total. The van der Waals surface area contributed by atoms with Gasteiger partial charge in [0.1, 0.15) is 0 Å². The number of nitro groups is 3. The molecule has 0 saturated heterocycles. The van der Waals surface area contributed by atoms with Gasteiger partial charge in [-0.1, -0.05) is 37.8 Å². The quantitative estimate of drug-likeness (QED) is 0.0495. The highest BCUT2D eigenvalue weighted by atomic mass is 16.6. The minimum absolute atomic E-state index is 0. The van der Waals surface area contributed by atoms with Crippen molar-refractivity contribution >= 4 is 17.1 Å². The minimum atomic E-state index is -0.829. The lowest BCUT2D eigenvalue weighted by Gasteiger charge is -1.99. The number of nitro benzene ring substituents is 3. The Balaban J connectivity index is 0.000000639. The molecule has 9 N–H and O–H groups in total. The summed E-state index contributed by atoms with van der Waals surface area (Å²) in [6.07, 6.45) is 0. The molecule has 0 aliphatic heterocycles. The molecule has 0 unspecified atom stereocenters. The summed E-state index contributed by atoms with van der Waals surface area (Å²) in [6, 6.07) is 20.2. The van der Waals surface area contributed by atoms with E-state index < -0.39 is 49.1 Å². The summed E-state index contributed by atoms with van der Waals surface area (Å²) in [6.45, 7) is 6.63. The molecule has 0 aromatic heterocycles. The molecule has 53 heavy (non-hydrogen) atoms. The number of phenols is 9. The highest BCUT2D eigenvalue weighted by molar-refractivity contribution is 5.58. The molecule has 284 valence electrons. The largest absolute Gasteiger partial charge is 0.504 e. The number of para-hydroxylation sites is 3. The first-order valence-corrected chi connectivity index (χ1v) is 14.4. The Kier molecular flexibility index (Phi) is 17.9. The molecule has 0 saturated carbocycles. The van der Waals surface area contributed by atoms with Gasteiger partial charge >= 0.3 is 17.1 Å². The molecular weight excluding hydrogens is 702 g/mol. The molecule has 0 amide bonds. The number of phenolic OH excluding ortho intramolecular Hbond substituents is 9. The van der Waals surface area contributed by atoms with Crippen LogP contribution in [0.3, 0.4) is 0 Å². The predicted octanol–water partition coefficient (Wildman–Crippen LogP) is 7.38. The summed E-state index contributed by atoms with van der Waals surface area (Å²) < 4.78 is 0. The summed E-state index contributed by atoms with van der Waals surface area (Å²) in [5.41, 5.74) is 1.15. The Labute approximate surface area is 302 Å². The molecule has 5 aromatic rings. The lowest BCUT2D eigenvalue weighted by Crippen LogP contribution is -1.91. The van der Waals surface area contributed by atoms with Crippen LogP contribution in [0.4, 0.5) is 17.1 Å². The van der Waals surface area contributed by atoms with E-state index in [0.717, 1.165) is 5.56 Å². The fourth-order valence-corrected chi connectivity index (χ4v) is 3.79. The maximum absolute atomic E-state index is 10.3. The predicted molar refractivity (Wildman–Crippen MR) is 193 cm³/mol. The third kappa shape index (κ3) is 14.5. The normalized spacial score (nSPS) is 9.36. The van der Waals surface area contributed by atoms with Crippen LogP contribution in [0.15, 0.2) is 84.9 Å². The fourth-order valence-electron chi connectivity index (χ4n) is 3.79. The van der Waals surface area contributed by atoms with E-state index in [1.807, 2.05) is 6.92 Å². The van der Waals surface area contributed by atoms with Gasteiger partial charge in [0.15, 0.2) is 46.0 Å². The highest BCUT2D eigenvalue weighted by Gasteiger charge is 2.19. The number of hydrogen-bond donors (Lipinski definition) is 9. The third-order valence-corrected chi connectivity index (χ3v) is 6.22. The van der Waals surface area contributed by atoms with Gasteiger partial charge in [0, 0.05) is 11.6 Å². The van der Waals surface area contributed by atoms with E-state index in [1.165, 1.54) is 54.6 Å². The Hall–Kier alpha value is -7.50. The van der Waals surface area contributed by atoms with Crippen LogP contribution < -0.4 is 0 Å². The molecule has 0 heterocycles. The van der Waals surface area contributed by atoms with Crippen molar-refractivity contribution in [3.8, 4) is 51.7 Å². The Morgan fingerprint density at radius 1 is 0.415 bits per heavy atom. The van der Waals surface area contributed by atoms with Gasteiger partial charge in [-0.05, 0) is 92.9 Å². The van der Waals surface area contributed by atoms with Gasteiger partial charge in [0.2, 0.25) is 5.75 Å². The van der Waals surface area contributed by atoms with E-state index in [0.29, 0.717) is 16.7 Å². The second-order valence-corrected chi connectivity index (χ2v) is 10.5. The van der Waals surface area contributed by atoms with Gasteiger partial charge < -0.3 is 46.0 Å². The molecule has 5 aromatic carbocycles. The smallest absolute Gasteiger partial charge is 0.351 e. The standard InChI is InChI=1S/2C7H7NO4.C7H7NO3.C7H8O2.C6H6O2.CH4/c1-4-2-5(9)7(8(11)12)6(10)3-4;1-4-2-5(8(11)12)7(10)6(9)3-4;1-5-3-2-4-6(9)7(5)8(10)11;1-5-2-3-6(8)7(9)4-5;7-5-3-1-2-4-6(5)8;/h2*2-3,9-10H,1H3;2-4,9H,1H3;2-4,8-9H,1H3;1-4,7-8H;1H4. The maximum Gasteiger partial charge on any atom is 0.351 e. The zero-order valence-corrected chi connectivity index (χ0v) is 27.9. The number of benzene rings is 5. The molecule has 18 heteroatoms. The van der Waals surface area contributed by atoms with Crippen LogP contribution in [0.2, 0.25) is 0 Å². The molecular formula is C35H39N3O15. The zero-order valence-electron chi connectivity index (χ0n) is 27.9. The molecule has 0 spiro atoms. The van der Waals surface area contributed by atoms with E-state index >= 15 is 0 Å². The van der Waals surface area contributed by atoms with E-state index in [4.69, 9.17) is 46.0 Å². The number of nitrogens with zero attached hydrogens (tertiary/aromatic N) is 3. The van der Waals surface area contributed by atoms with Crippen molar-refractivity contribution in [2.45, 2.75) is 35.1 Å². The van der Waals surface area contributed by atoms with Crippen LogP contribution in [0, 0.1) is 58.0 Å². The number of hydrogen-bond acceptors (Lipinski definition) is 15. The summed E-state index contributed by atoms with van der Waals surface area (Å²) in [5, 5.41) is 111. The molecule has 0 radical (unpaired) electrons. The van der Waals surface area contributed by atoms with Gasteiger partial charge in [-0.2, -0.15) is 0 Å². The summed E-state index contributed by atoms with van der Waals surface area (Å²) in [5.74, 6) is -2.76. The third-order valence-electron chi connectivity index (χ3n) is 6.22. The van der Waals surface area contributed by atoms with E-state index in [2.05, 4.69) is 0 Å². The Morgan fingerprint density at radius 3 is 1.21 bits per heavy atom. The first-order valence-electron chi connectivity index (χ1n) is 14.4. The molecule has 0 bridgehead atoms. The molecule has 0 fully saturated rings. The maximum atomic E-state index is 10.3. The molecule has 0 aliphatic rings. The van der Waals surface area contributed by atoms with Crippen molar-refractivity contribution in [2.24, 2.45) is 0 Å². The molecule has 5 rings (SSSR count). The van der Waals surface area contributed by atoms with Gasteiger partial charge in [0.05, 0.1) is 14.8 Å². The second-order valence-electron chi connectivity index (χ2n) is 10.5. The highest BCUT2D eigenvalue weighted by Crippen LogP contribution is 2.36. The van der Waals surface area contributed by atoms with Crippen molar-refractivity contribution in [3.05, 3.63) is 138 Å². The molecule has 0 aliphatic carbocycles. The van der Waals surface area contributed by atoms with E-state index in [9.17, 15) is 30.3 Å². The van der Waals surface area contributed by atoms with Crippen LogP contribution >= 0.6 is 0 Å². The number of rotatable bonds is 3. The van der Waals surface area contributed by atoms with Crippen LogP contribution in [0.1, 0.15) is 29.7 Å². The Bertz CT molecular complexity index is 1970. The fraction of sp³-hybridized carbons (Fsp3) is 0.143. The van der Waals surface area contributed by atoms with Crippen LogP contribution in [-0.4, -0.2) is 60.7 Å². The van der Waals surface area contributed by atoms with Crippen molar-refractivity contribution in [1.82, 2.24) is 0 Å². The summed E-state index contributed by atoms with van der Waals surface area (Å²) >= 11 is 0. The number of aromatic hydroxyl groups is 9. The topological polar surface area (TPSA) is 311 Å². The van der Waals surface area contributed by atoms with E-state index in [-0.39, 0.29) is 41.9 Å². The summed E-state index contributed by atoms with van der Waals surface area (Å²) in [4.78, 5) is 28.6. The van der Waals surface area contributed by atoms with Gasteiger partial charge in [-0.25, -0.2) is 0 Å². The zero-order chi connectivity index (χ0) is 39.9. The van der Waals surface area contributed by atoms with Gasteiger partial charge in [0.25, 0.3) is 0 Å². The molecule has 0 atom stereocenters. The number of aryl methyl sites for hydroxylation is 4. The van der Waals surface area contributed by atoms with E-state index in [1.54, 1.807) is 51.1 Å². The van der Waals surface area contributed by atoms with Gasteiger partial charge in [-0.3, -0.25) is 30.3 Å². The first kappa shape index (κ1) is 45.5. The SMILES string of the molecule is C.Cc1cc(O)c(O)c([N+](=O)[O-])c1.Cc1cc(O)c([N+](=O)[O-])c(O)c1.Cc1ccc(O)c(O)c1.Cc1cccc(O)c1[N+](=O)[O-].Oc1ccccc1O. The average Bonchev–Trinajstić information content (AvgIpc) is 3.02. The van der Waals surface area contributed by atoms with Crippen LogP contribution in [0.25, 0.3) is 0 Å². The first-order chi connectivity index (χ1) is 24.2. The summed E-state index contributed by atoms with van der Waals surface area (Å²) in [7, 11) is 0. The minimum Gasteiger partial charge on any atom is -0.504 e. The monoisotopic (exact) mass is 741 g/mol. The Morgan fingerprint density at radius 2 is 0.830 bits per heavy atom. The lowest BCUT2D eigenvalue weighted by molar-refractivity contribution is -0.386. The van der Waals surface area contributed by atoms with Crippen molar-refractivity contribution in [2.75, 3.05) is 0 Å². The van der Waals surface area contributed by atoms with Crippen molar-refractivity contribution in [1.29, 1.82) is 0 Å².